The van der Waals surface area contributed by atoms with Gasteiger partial charge in [0.15, 0.2) is 6.61 Å². The third kappa shape index (κ3) is 8.32. The molecular weight excluding hydrogens is 556 g/mol. The lowest BCUT2D eigenvalue weighted by Crippen LogP contribution is -2.39. The molecule has 0 aliphatic carbocycles. The number of hydrogen-bond donors (Lipinski definition) is 1. The summed E-state index contributed by atoms with van der Waals surface area (Å²) in [6.07, 6.45) is 4.65. The maximum Gasteiger partial charge on any atom is 0.264 e. The van der Waals surface area contributed by atoms with Crippen molar-refractivity contribution >= 4 is 33.7 Å². The summed E-state index contributed by atoms with van der Waals surface area (Å²) in [5.41, 5.74) is 4.39. The van der Waals surface area contributed by atoms with Crippen LogP contribution in [0.1, 0.15) is 37.3 Å². The first-order valence-corrected chi connectivity index (χ1v) is 15.3. The summed E-state index contributed by atoms with van der Waals surface area (Å²) in [6.45, 7) is 5.26. The molecule has 222 valence electrons. The monoisotopic (exact) mass is 592 g/mol. The maximum absolute atomic E-state index is 13.6. The third-order valence-electron chi connectivity index (χ3n) is 6.69. The van der Waals surface area contributed by atoms with Crippen molar-refractivity contribution in [3.63, 3.8) is 0 Å². The van der Waals surface area contributed by atoms with Crippen molar-refractivity contribution in [2.45, 2.75) is 38.0 Å². The normalized spacial score (nSPS) is 13.5. The van der Waals surface area contributed by atoms with E-state index in [9.17, 15) is 18.0 Å². The first-order chi connectivity index (χ1) is 20.3. The molecule has 0 spiro atoms. The molecule has 2 amide bonds. The Morgan fingerprint density at radius 2 is 1.52 bits per heavy atom. The Morgan fingerprint density at radius 1 is 0.905 bits per heavy atom. The second kappa shape index (κ2) is 14.5. The highest BCUT2D eigenvalue weighted by Gasteiger charge is 2.27. The summed E-state index contributed by atoms with van der Waals surface area (Å²) in [5, 5.41) is 3.99. The number of benzene rings is 3. The quantitative estimate of drug-likeness (QED) is 0.250. The highest BCUT2D eigenvalue weighted by molar-refractivity contribution is 7.92. The van der Waals surface area contributed by atoms with E-state index >= 15 is 0 Å². The molecule has 3 aromatic carbocycles. The van der Waals surface area contributed by atoms with Gasteiger partial charge in [0.1, 0.15) is 18.0 Å². The van der Waals surface area contributed by atoms with E-state index < -0.39 is 22.5 Å². The van der Waals surface area contributed by atoms with Crippen molar-refractivity contribution < 1.29 is 27.5 Å². The minimum Gasteiger partial charge on any atom is -0.494 e. The Morgan fingerprint density at radius 3 is 2.17 bits per heavy atom. The molecule has 1 saturated heterocycles. The molecular formula is C31H36N4O6S. The molecule has 0 unspecified atom stereocenters. The van der Waals surface area contributed by atoms with Gasteiger partial charge >= 0.3 is 0 Å². The van der Waals surface area contributed by atoms with Gasteiger partial charge in [0.2, 0.25) is 0 Å². The Labute approximate surface area is 247 Å². The largest absolute Gasteiger partial charge is 0.494 e. The number of sulfonamides is 1. The van der Waals surface area contributed by atoms with E-state index in [1.54, 1.807) is 60.7 Å². The number of aryl methyl sites for hydroxylation is 1. The number of likely N-dealkylation sites (tertiary alicyclic amines) is 1. The van der Waals surface area contributed by atoms with Gasteiger partial charge in [-0.2, -0.15) is 5.10 Å². The van der Waals surface area contributed by atoms with Gasteiger partial charge in [-0.3, -0.25) is 13.9 Å². The number of amides is 2. The number of carbonyl (C=O) groups excluding carboxylic acids is 2. The molecule has 4 rings (SSSR count). The number of hydrogen-bond acceptors (Lipinski definition) is 7. The molecule has 0 aromatic heterocycles. The minimum absolute atomic E-state index is 0.0133. The van der Waals surface area contributed by atoms with Crippen LogP contribution in [0.4, 0.5) is 5.69 Å². The summed E-state index contributed by atoms with van der Waals surface area (Å²) in [6, 6.07) is 19.9. The fraction of sp³-hybridized carbons (Fsp3) is 0.323. The minimum atomic E-state index is -4.07. The van der Waals surface area contributed by atoms with Gasteiger partial charge in [0, 0.05) is 13.1 Å². The van der Waals surface area contributed by atoms with Crippen molar-refractivity contribution in [1.82, 2.24) is 10.3 Å². The van der Waals surface area contributed by atoms with Gasteiger partial charge in [0.25, 0.3) is 21.8 Å². The van der Waals surface area contributed by atoms with Gasteiger partial charge in [-0.05, 0) is 99.3 Å². The van der Waals surface area contributed by atoms with E-state index in [0.717, 1.165) is 42.2 Å². The van der Waals surface area contributed by atoms with Crippen molar-refractivity contribution in [3.05, 3.63) is 83.9 Å². The van der Waals surface area contributed by atoms with Crippen LogP contribution in [0, 0.1) is 6.92 Å². The number of rotatable bonds is 12. The van der Waals surface area contributed by atoms with Gasteiger partial charge in [-0.1, -0.05) is 17.7 Å². The molecule has 0 radical (unpaired) electrons. The predicted molar refractivity (Wildman–Crippen MR) is 161 cm³/mol. The molecule has 1 heterocycles. The van der Waals surface area contributed by atoms with E-state index in [1.807, 2.05) is 18.7 Å². The van der Waals surface area contributed by atoms with Crippen LogP contribution in [-0.4, -0.2) is 64.2 Å². The summed E-state index contributed by atoms with van der Waals surface area (Å²) < 4.78 is 39.2. The first kappa shape index (κ1) is 30.6. The van der Waals surface area contributed by atoms with E-state index in [1.165, 1.54) is 18.3 Å². The van der Waals surface area contributed by atoms with Crippen LogP contribution in [0.2, 0.25) is 0 Å². The summed E-state index contributed by atoms with van der Waals surface area (Å²) >= 11 is 0. The van der Waals surface area contributed by atoms with Crippen molar-refractivity contribution in [3.8, 4) is 11.5 Å². The van der Waals surface area contributed by atoms with Crippen LogP contribution in [0.15, 0.2) is 82.8 Å². The number of anilines is 1. The predicted octanol–water partition coefficient (Wildman–Crippen LogP) is 4.13. The van der Waals surface area contributed by atoms with E-state index in [-0.39, 0.29) is 17.4 Å². The number of piperidine rings is 1. The molecule has 10 nitrogen and oxygen atoms in total. The molecule has 0 bridgehead atoms. The van der Waals surface area contributed by atoms with Crippen LogP contribution in [0.5, 0.6) is 11.5 Å². The van der Waals surface area contributed by atoms with Crippen LogP contribution in [0.25, 0.3) is 0 Å². The van der Waals surface area contributed by atoms with Crippen LogP contribution in [0.3, 0.4) is 0 Å². The summed E-state index contributed by atoms with van der Waals surface area (Å²) in [7, 11) is -4.07. The van der Waals surface area contributed by atoms with Gasteiger partial charge in [-0.25, -0.2) is 13.8 Å². The second-order valence-corrected chi connectivity index (χ2v) is 11.7. The Hall–Kier alpha value is -4.38. The first-order valence-electron chi connectivity index (χ1n) is 13.9. The Balaban J connectivity index is 1.37. The van der Waals surface area contributed by atoms with E-state index in [4.69, 9.17) is 9.47 Å². The SMILES string of the molecule is CCOc1ccc(S(=O)(=O)N(CC(=O)N/N=C/c2ccc(OCC(=O)N3CCCCC3)cc2)c2ccc(C)cc2)cc1. The van der Waals surface area contributed by atoms with Crippen LogP contribution in [-0.2, 0) is 19.6 Å². The Bertz CT molecular complexity index is 1470. The fourth-order valence-corrected chi connectivity index (χ4v) is 5.82. The summed E-state index contributed by atoms with van der Waals surface area (Å²) in [5.74, 6) is 0.468. The molecule has 1 aliphatic heterocycles. The van der Waals surface area contributed by atoms with Crippen molar-refractivity contribution in [2.24, 2.45) is 5.10 Å². The molecule has 0 saturated carbocycles. The number of ether oxygens (including phenoxy) is 2. The number of hydrazone groups is 1. The summed E-state index contributed by atoms with van der Waals surface area (Å²) in [4.78, 5) is 27.0. The third-order valence-corrected chi connectivity index (χ3v) is 8.47. The zero-order valence-electron chi connectivity index (χ0n) is 23.9. The van der Waals surface area contributed by atoms with Gasteiger partial charge in [-0.15, -0.1) is 0 Å². The fourth-order valence-electron chi connectivity index (χ4n) is 4.40. The van der Waals surface area contributed by atoms with E-state index in [2.05, 4.69) is 10.5 Å². The molecule has 1 fully saturated rings. The average Bonchev–Trinajstić information content (AvgIpc) is 3.00. The molecule has 3 aromatic rings. The zero-order chi connectivity index (χ0) is 30.0. The lowest BCUT2D eigenvalue weighted by Gasteiger charge is -2.26. The average molecular weight is 593 g/mol. The molecule has 1 N–H and O–H groups in total. The molecule has 11 heteroatoms. The Kier molecular flexibility index (Phi) is 10.6. The van der Waals surface area contributed by atoms with E-state index in [0.29, 0.717) is 29.4 Å². The topological polar surface area (TPSA) is 118 Å². The van der Waals surface area contributed by atoms with Crippen molar-refractivity contribution in [2.75, 3.05) is 37.2 Å². The number of nitrogens with zero attached hydrogens (tertiary/aromatic N) is 3. The lowest BCUT2D eigenvalue weighted by molar-refractivity contribution is -0.134. The van der Waals surface area contributed by atoms with Gasteiger partial charge < -0.3 is 14.4 Å². The lowest BCUT2D eigenvalue weighted by atomic mass is 10.1. The van der Waals surface area contributed by atoms with Crippen molar-refractivity contribution in [1.29, 1.82) is 0 Å². The highest BCUT2D eigenvalue weighted by atomic mass is 32.2. The molecule has 1 aliphatic rings. The van der Waals surface area contributed by atoms with Gasteiger partial charge in [0.05, 0.1) is 23.4 Å². The molecule has 0 atom stereocenters. The van der Waals surface area contributed by atoms with Crippen LogP contribution >= 0.6 is 0 Å². The maximum atomic E-state index is 13.6. The zero-order valence-corrected chi connectivity index (χ0v) is 24.7. The number of nitrogens with one attached hydrogen (secondary N) is 1. The smallest absolute Gasteiger partial charge is 0.264 e. The highest BCUT2D eigenvalue weighted by Crippen LogP contribution is 2.25. The number of carbonyl (C=O) groups is 2. The molecule has 42 heavy (non-hydrogen) atoms. The van der Waals surface area contributed by atoms with Crippen LogP contribution < -0.4 is 19.2 Å². The standard InChI is InChI=1S/C31H36N4O6S/c1-3-40-27-15-17-29(18-16-27)42(38,39)35(26-11-7-24(2)8-12-26)22-30(36)33-32-21-25-9-13-28(14-10-25)41-23-31(37)34-19-5-4-6-20-34/h7-18,21H,3-6,19-20,22-23H2,1-2H3,(H,33,36)/b32-21+. The second-order valence-electron chi connectivity index (χ2n) is 9.84.